The third-order valence-electron chi connectivity index (χ3n) is 9.61. The molecular weight excluding hydrogens is 595 g/mol. The molecule has 236 valence electrons. The lowest BCUT2D eigenvalue weighted by Crippen LogP contribution is -2.54. The van der Waals surface area contributed by atoms with E-state index in [1.54, 1.807) is 29.2 Å². The number of likely N-dealkylation sites (tertiary alicyclic amines) is 1. The van der Waals surface area contributed by atoms with Gasteiger partial charge in [0.25, 0.3) is 0 Å². The number of nitriles is 1. The molecule has 1 aromatic heterocycles. The maximum Gasteiger partial charge on any atom is 0.428 e. The van der Waals surface area contributed by atoms with Gasteiger partial charge in [-0.25, -0.2) is 9.78 Å². The van der Waals surface area contributed by atoms with E-state index in [0.717, 1.165) is 11.4 Å². The molecule has 1 aromatic carbocycles. The second kappa shape index (κ2) is 12.8. The van der Waals surface area contributed by atoms with Gasteiger partial charge in [-0.3, -0.25) is 4.79 Å². The normalized spacial score (nSPS) is 26.2. The predicted octanol–water partition coefficient (Wildman–Crippen LogP) is 6.40. The highest BCUT2D eigenvalue weighted by molar-refractivity contribution is 6.30. The number of rotatable bonds is 5. The molecule has 44 heavy (non-hydrogen) atoms. The van der Waals surface area contributed by atoms with Crippen LogP contribution in [0.15, 0.2) is 42.6 Å². The number of likely N-dealkylation sites (N-methyl/N-ethyl adjacent to an activating group) is 1. The number of benzene rings is 1. The van der Waals surface area contributed by atoms with Gasteiger partial charge in [0.05, 0.1) is 11.6 Å². The summed E-state index contributed by atoms with van der Waals surface area (Å²) in [4.78, 5) is 36.6. The van der Waals surface area contributed by atoms with E-state index in [0.29, 0.717) is 55.9 Å². The van der Waals surface area contributed by atoms with Crippen LogP contribution in [0, 0.1) is 23.2 Å². The largest absolute Gasteiger partial charge is 0.433 e. The van der Waals surface area contributed by atoms with Gasteiger partial charge in [-0.1, -0.05) is 30.7 Å². The third-order valence-corrected chi connectivity index (χ3v) is 9.86. The van der Waals surface area contributed by atoms with Crippen molar-refractivity contribution in [2.24, 2.45) is 11.8 Å². The molecular formula is C32H37ClF3N5O3. The van der Waals surface area contributed by atoms with Crippen LogP contribution in [0.25, 0.3) is 0 Å². The fraction of sp³-hybridized carbons (Fsp3) is 0.562. The quantitative estimate of drug-likeness (QED) is 0.380. The summed E-state index contributed by atoms with van der Waals surface area (Å²) in [5, 5.41) is 9.56. The Bertz CT molecular complexity index is 1370. The van der Waals surface area contributed by atoms with Crippen molar-refractivity contribution in [3.8, 4) is 6.07 Å². The lowest BCUT2D eigenvalue weighted by molar-refractivity contribution is -0.272. The van der Waals surface area contributed by atoms with E-state index < -0.39 is 23.9 Å². The molecule has 2 amide bonds. The summed E-state index contributed by atoms with van der Waals surface area (Å²) in [6, 6.07) is 12.1. The van der Waals surface area contributed by atoms with Crippen molar-refractivity contribution in [3.05, 3.63) is 58.7 Å². The van der Waals surface area contributed by atoms with Crippen LogP contribution in [-0.4, -0.2) is 77.8 Å². The van der Waals surface area contributed by atoms with Crippen molar-refractivity contribution >= 4 is 29.4 Å². The second-order valence-corrected chi connectivity index (χ2v) is 12.8. The minimum Gasteiger partial charge on any atom is -0.433 e. The molecule has 2 saturated heterocycles. The Morgan fingerprint density at radius 2 is 1.73 bits per heavy atom. The smallest absolute Gasteiger partial charge is 0.428 e. The van der Waals surface area contributed by atoms with Gasteiger partial charge in [0.2, 0.25) is 11.5 Å². The first kappa shape index (κ1) is 31.9. The van der Waals surface area contributed by atoms with Gasteiger partial charge in [0.1, 0.15) is 11.9 Å². The van der Waals surface area contributed by atoms with Crippen molar-refractivity contribution in [1.82, 2.24) is 14.8 Å². The van der Waals surface area contributed by atoms with Crippen LogP contribution < -0.4 is 4.90 Å². The molecule has 0 spiro atoms. The van der Waals surface area contributed by atoms with E-state index in [9.17, 15) is 22.8 Å². The molecule has 2 aromatic rings. The fourth-order valence-electron chi connectivity index (χ4n) is 6.70. The van der Waals surface area contributed by atoms with E-state index in [-0.39, 0.29) is 43.0 Å². The summed E-state index contributed by atoms with van der Waals surface area (Å²) in [7, 11) is 1.46. The summed E-state index contributed by atoms with van der Waals surface area (Å²) in [5.74, 6) is 0.295. The van der Waals surface area contributed by atoms with Gasteiger partial charge in [-0.05, 0) is 74.3 Å². The highest BCUT2D eigenvalue weighted by Gasteiger charge is 2.59. The van der Waals surface area contributed by atoms with Crippen LogP contribution in [0.4, 0.5) is 23.8 Å². The number of ether oxygens (including phenoxy) is 1. The maximum atomic E-state index is 14.3. The topological polar surface area (TPSA) is 89.8 Å². The van der Waals surface area contributed by atoms with Gasteiger partial charge in [0, 0.05) is 56.3 Å². The Kier molecular flexibility index (Phi) is 9.30. The number of piperidine rings is 1. The second-order valence-electron chi connectivity index (χ2n) is 12.4. The highest BCUT2D eigenvalue weighted by Crippen LogP contribution is 2.46. The predicted molar refractivity (Wildman–Crippen MR) is 159 cm³/mol. The number of alkyl halides is 3. The molecule has 5 rings (SSSR count). The Morgan fingerprint density at radius 3 is 2.30 bits per heavy atom. The lowest BCUT2D eigenvalue weighted by Gasteiger charge is -2.41. The first-order valence-electron chi connectivity index (χ1n) is 15.1. The number of nitrogens with zero attached hydrogens (tertiary/aromatic N) is 5. The maximum absolute atomic E-state index is 14.3. The standard InChI is InChI=1S/C32H37ClF3N5O3/c1-21-9-13-31(14-10-21,32(34,35)36)44-30(43)39(2)27-20-41(19-26(27)23-4-6-25(33)7-5-23)29(42)24-11-15-40(16-12-24)28-8-3-22(17-37)18-38-28/h3-8,18,21,24,26-27H,9-16,19-20H2,1-2H3. The van der Waals surface area contributed by atoms with Crippen molar-refractivity contribution in [2.45, 2.75) is 69.2 Å². The molecule has 1 aliphatic carbocycles. The van der Waals surface area contributed by atoms with Gasteiger partial charge >= 0.3 is 12.3 Å². The number of pyridine rings is 1. The Morgan fingerprint density at radius 1 is 1.07 bits per heavy atom. The first-order chi connectivity index (χ1) is 20.9. The number of anilines is 1. The first-order valence-corrected chi connectivity index (χ1v) is 15.5. The van der Waals surface area contributed by atoms with Gasteiger partial charge in [-0.15, -0.1) is 0 Å². The molecule has 8 nitrogen and oxygen atoms in total. The Labute approximate surface area is 260 Å². The number of carbonyl (C=O) groups excluding carboxylic acids is 2. The molecule has 3 aliphatic rings. The van der Waals surface area contributed by atoms with Crippen molar-refractivity contribution in [3.63, 3.8) is 0 Å². The van der Waals surface area contributed by atoms with Crippen LogP contribution >= 0.6 is 11.6 Å². The SMILES string of the molecule is CC1CCC(OC(=O)N(C)C2CN(C(=O)C3CCN(c4ccc(C#N)cn4)CC3)CC2c2ccc(Cl)cc2)(C(F)(F)F)CC1. The molecule has 2 unspecified atom stereocenters. The van der Waals surface area contributed by atoms with Crippen LogP contribution in [0.3, 0.4) is 0 Å². The lowest BCUT2D eigenvalue weighted by atomic mass is 9.79. The fourth-order valence-corrected chi connectivity index (χ4v) is 6.82. The number of hydrogen-bond acceptors (Lipinski definition) is 6. The molecule has 12 heteroatoms. The zero-order valence-electron chi connectivity index (χ0n) is 24.9. The van der Waals surface area contributed by atoms with E-state index in [1.807, 2.05) is 19.1 Å². The molecule has 0 N–H and O–H groups in total. The summed E-state index contributed by atoms with van der Waals surface area (Å²) < 4.78 is 48.2. The van der Waals surface area contributed by atoms with Crippen molar-refractivity contribution < 1.29 is 27.5 Å². The average molecular weight is 632 g/mol. The highest BCUT2D eigenvalue weighted by atomic mass is 35.5. The third kappa shape index (κ3) is 6.60. The van der Waals surface area contributed by atoms with Gasteiger partial charge in [-0.2, -0.15) is 18.4 Å². The number of hydrogen-bond donors (Lipinski definition) is 0. The Balaban J connectivity index is 1.30. The molecule has 3 heterocycles. The number of aromatic nitrogens is 1. The number of halogens is 4. The summed E-state index contributed by atoms with van der Waals surface area (Å²) in [5.41, 5.74) is -1.19. The molecule has 2 atom stereocenters. The summed E-state index contributed by atoms with van der Waals surface area (Å²) in [6.45, 7) is 3.66. The molecule has 3 fully saturated rings. The molecule has 2 aliphatic heterocycles. The van der Waals surface area contributed by atoms with Gasteiger partial charge < -0.3 is 19.4 Å². The van der Waals surface area contributed by atoms with Gasteiger partial charge in [0.15, 0.2) is 0 Å². The van der Waals surface area contributed by atoms with E-state index in [1.165, 1.54) is 18.1 Å². The molecule has 0 bridgehead atoms. The number of amides is 2. The Hall–Kier alpha value is -3.52. The average Bonchev–Trinajstić information content (AvgIpc) is 3.47. The molecule has 1 saturated carbocycles. The zero-order valence-corrected chi connectivity index (χ0v) is 25.7. The van der Waals surface area contributed by atoms with Crippen LogP contribution in [0.5, 0.6) is 0 Å². The van der Waals surface area contributed by atoms with E-state index in [2.05, 4.69) is 16.0 Å². The minimum absolute atomic E-state index is 0.0336. The van der Waals surface area contributed by atoms with Crippen molar-refractivity contribution in [1.29, 1.82) is 5.26 Å². The van der Waals surface area contributed by atoms with E-state index >= 15 is 0 Å². The number of carbonyl (C=O) groups is 2. The van der Waals surface area contributed by atoms with Crippen LogP contribution in [-0.2, 0) is 9.53 Å². The van der Waals surface area contributed by atoms with Crippen LogP contribution in [0.2, 0.25) is 5.02 Å². The summed E-state index contributed by atoms with van der Waals surface area (Å²) >= 11 is 6.12. The minimum atomic E-state index is -4.68. The zero-order chi connectivity index (χ0) is 31.6. The monoisotopic (exact) mass is 631 g/mol. The van der Waals surface area contributed by atoms with Crippen LogP contribution in [0.1, 0.15) is 62.5 Å². The molecule has 0 radical (unpaired) electrons. The van der Waals surface area contributed by atoms with E-state index in [4.69, 9.17) is 21.6 Å². The summed E-state index contributed by atoms with van der Waals surface area (Å²) in [6.07, 6.45) is -2.83. The van der Waals surface area contributed by atoms with Crippen molar-refractivity contribution in [2.75, 3.05) is 38.1 Å².